The molecule has 0 saturated heterocycles. The van der Waals surface area contributed by atoms with E-state index in [9.17, 15) is 18.0 Å². The molecule has 0 unspecified atom stereocenters. The number of aromatic nitrogens is 2. The second kappa shape index (κ2) is 9.93. The van der Waals surface area contributed by atoms with Gasteiger partial charge in [0, 0.05) is 38.3 Å². The van der Waals surface area contributed by atoms with Gasteiger partial charge in [0.1, 0.15) is 5.69 Å². The fraction of sp³-hybridized carbons (Fsp3) is 0.625. The average molecular weight is 387 g/mol. The summed E-state index contributed by atoms with van der Waals surface area (Å²) in [5.41, 5.74) is -0.994. The third-order valence-electron chi connectivity index (χ3n) is 3.62. The molecule has 0 aliphatic heterocycles. The Morgan fingerprint density at radius 2 is 1.96 bits per heavy atom. The third kappa shape index (κ3) is 7.67. The summed E-state index contributed by atoms with van der Waals surface area (Å²) in [5, 5.41) is 11.7. The van der Waals surface area contributed by atoms with Gasteiger partial charge in [-0.3, -0.25) is 9.79 Å². The molecule has 4 N–H and O–H groups in total. The van der Waals surface area contributed by atoms with Crippen LogP contribution >= 0.6 is 0 Å². The van der Waals surface area contributed by atoms with Gasteiger partial charge in [0.25, 0.3) is 0 Å². The molecule has 0 aromatic carbocycles. The molecule has 0 atom stereocenters. The van der Waals surface area contributed by atoms with E-state index in [1.165, 1.54) is 0 Å². The number of hydrogen-bond donors (Lipinski definition) is 4. The Kier molecular flexibility index (Phi) is 7.62. The van der Waals surface area contributed by atoms with E-state index >= 15 is 0 Å². The van der Waals surface area contributed by atoms with Crippen LogP contribution in [0.5, 0.6) is 0 Å². The van der Waals surface area contributed by atoms with Gasteiger partial charge in [0.15, 0.2) is 5.96 Å². The van der Waals surface area contributed by atoms with E-state index in [2.05, 4.69) is 36.2 Å². The number of nitrogens with one attached hydrogen (secondary N) is 4. The number of hydrogen-bond acceptors (Lipinski definition) is 5. The van der Waals surface area contributed by atoms with Crippen molar-refractivity contribution in [3.05, 3.63) is 18.0 Å². The van der Waals surface area contributed by atoms with E-state index in [4.69, 9.17) is 0 Å². The SMILES string of the molecule is CCNC(=NCCNc1nccc(C(F)(F)F)n1)NCCNC(=O)C1CC1. The van der Waals surface area contributed by atoms with Gasteiger partial charge in [-0.05, 0) is 25.8 Å². The van der Waals surface area contributed by atoms with Crippen LogP contribution in [0.2, 0.25) is 0 Å². The Bertz CT molecular complexity index is 647. The lowest BCUT2D eigenvalue weighted by atomic mass is 10.4. The van der Waals surface area contributed by atoms with Crippen LogP contribution in [0, 0.1) is 5.92 Å². The maximum absolute atomic E-state index is 12.6. The van der Waals surface area contributed by atoms with E-state index < -0.39 is 11.9 Å². The highest BCUT2D eigenvalue weighted by Crippen LogP contribution is 2.28. The Morgan fingerprint density at radius 3 is 2.63 bits per heavy atom. The third-order valence-corrected chi connectivity index (χ3v) is 3.62. The first-order valence-electron chi connectivity index (χ1n) is 8.84. The number of carbonyl (C=O) groups excluding carboxylic acids is 1. The topological polar surface area (TPSA) is 103 Å². The molecule has 1 aromatic rings. The van der Waals surface area contributed by atoms with Crippen LogP contribution < -0.4 is 21.3 Å². The summed E-state index contributed by atoms with van der Waals surface area (Å²) < 4.78 is 37.8. The van der Waals surface area contributed by atoms with Gasteiger partial charge in [-0.15, -0.1) is 0 Å². The Hall–Kier alpha value is -2.59. The van der Waals surface area contributed by atoms with Crippen LogP contribution in [-0.2, 0) is 11.0 Å². The predicted octanol–water partition coefficient (Wildman–Crippen LogP) is 0.989. The molecular formula is C16H24F3N7O. The number of rotatable bonds is 9. The number of guanidine groups is 1. The van der Waals surface area contributed by atoms with Crippen LogP contribution in [0.25, 0.3) is 0 Å². The maximum Gasteiger partial charge on any atom is 0.433 e. The van der Waals surface area contributed by atoms with Crippen molar-refractivity contribution < 1.29 is 18.0 Å². The van der Waals surface area contributed by atoms with E-state index in [-0.39, 0.29) is 24.3 Å². The summed E-state index contributed by atoms with van der Waals surface area (Å²) in [6, 6.07) is 0.818. The number of aliphatic imine (C=N–C) groups is 1. The van der Waals surface area contributed by atoms with Crippen LogP contribution in [0.3, 0.4) is 0 Å². The van der Waals surface area contributed by atoms with Crippen molar-refractivity contribution in [3.8, 4) is 0 Å². The van der Waals surface area contributed by atoms with Crippen LogP contribution in [0.1, 0.15) is 25.5 Å². The maximum atomic E-state index is 12.6. The van der Waals surface area contributed by atoms with Crippen molar-refractivity contribution in [2.24, 2.45) is 10.9 Å². The first-order valence-corrected chi connectivity index (χ1v) is 8.84. The first-order chi connectivity index (χ1) is 12.9. The van der Waals surface area contributed by atoms with Gasteiger partial charge in [-0.1, -0.05) is 0 Å². The Balaban J connectivity index is 1.71. The van der Waals surface area contributed by atoms with Crippen LogP contribution in [0.15, 0.2) is 17.3 Å². The molecule has 1 amide bonds. The van der Waals surface area contributed by atoms with Gasteiger partial charge >= 0.3 is 6.18 Å². The summed E-state index contributed by atoms with van der Waals surface area (Å²) in [6.07, 6.45) is -1.52. The molecule has 27 heavy (non-hydrogen) atoms. The molecule has 0 bridgehead atoms. The normalized spacial score (nSPS) is 14.6. The quantitative estimate of drug-likeness (QED) is 0.286. The van der Waals surface area contributed by atoms with Crippen LogP contribution in [0.4, 0.5) is 19.1 Å². The number of halogens is 3. The van der Waals surface area contributed by atoms with Crippen molar-refractivity contribution >= 4 is 17.8 Å². The van der Waals surface area contributed by atoms with Crippen LogP contribution in [-0.4, -0.2) is 54.6 Å². The first kappa shape index (κ1) is 20.7. The monoisotopic (exact) mass is 387 g/mol. The van der Waals surface area contributed by atoms with Crippen molar-refractivity contribution in [1.29, 1.82) is 0 Å². The number of alkyl halides is 3. The summed E-state index contributed by atoms with van der Waals surface area (Å²) in [6.45, 7) is 4.18. The highest BCUT2D eigenvalue weighted by atomic mass is 19.4. The second-order valence-corrected chi connectivity index (χ2v) is 5.94. The fourth-order valence-electron chi connectivity index (χ4n) is 2.14. The number of nitrogens with zero attached hydrogens (tertiary/aromatic N) is 3. The Morgan fingerprint density at radius 1 is 1.22 bits per heavy atom. The van der Waals surface area contributed by atoms with Gasteiger partial charge in [0.05, 0.1) is 6.54 Å². The average Bonchev–Trinajstić information content (AvgIpc) is 3.46. The molecule has 1 fully saturated rings. The number of amides is 1. The molecule has 150 valence electrons. The van der Waals surface area contributed by atoms with Crippen molar-refractivity contribution in [3.63, 3.8) is 0 Å². The molecule has 11 heteroatoms. The molecular weight excluding hydrogens is 363 g/mol. The van der Waals surface area contributed by atoms with Crippen molar-refractivity contribution in [2.45, 2.75) is 25.9 Å². The number of anilines is 1. The second-order valence-electron chi connectivity index (χ2n) is 5.94. The lowest BCUT2D eigenvalue weighted by Gasteiger charge is -2.12. The standard InChI is InChI=1S/C16H24F3N7O/c1-2-20-14(23-8-7-21-13(27)11-3-4-11)24-9-10-25-15-22-6-5-12(26-15)16(17,18)19/h5-6,11H,2-4,7-10H2,1H3,(H,21,27)(H2,20,23,24)(H,22,25,26). The summed E-state index contributed by atoms with van der Waals surface area (Å²) in [5.74, 6) is 0.728. The highest BCUT2D eigenvalue weighted by Gasteiger charge is 2.32. The zero-order valence-electron chi connectivity index (χ0n) is 15.1. The summed E-state index contributed by atoms with van der Waals surface area (Å²) in [7, 11) is 0. The molecule has 1 heterocycles. The smallest absolute Gasteiger partial charge is 0.357 e. The molecule has 0 radical (unpaired) electrons. The van der Waals surface area contributed by atoms with Gasteiger partial charge in [-0.2, -0.15) is 13.2 Å². The molecule has 0 spiro atoms. The zero-order valence-corrected chi connectivity index (χ0v) is 15.1. The molecule has 1 saturated carbocycles. The van der Waals surface area contributed by atoms with Crippen molar-refractivity contribution in [1.82, 2.24) is 25.9 Å². The minimum Gasteiger partial charge on any atom is -0.357 e. The fourth-order valence-corrected chi connectivity index (χ4v) is 2.14. The minimum atomic E-state index is -4.51. The van der Waals surface area contributed by atoms with Crippen molar-refractivity contribution in [2.75, 3.05) is 38.0 Å². The molecule has 8 nitrogen and oxygen atoms in total. The van der Waals surface area contributed by atoms with E-state index in [1.807, 2.05) is 6.92 Å². The van der Waals surface area contributed by atoms with Gasteiger partial charge < -0.3 is 21.3 Å². The minimum absolute atomic E-state index is 0.0871. The predicted molar refractivity (Wildman–Crippen MR) is 95.2 cm³/mol. The van der Waals surface area contributed by atoms with Gasteiger partial charge in [-0.25, -0.2) is 9.97 Å². The Labute approximate surface area is 155 Å². The largest absolute Gasteiger partial charge is 0.433 e. The lowest BCUT2D eigenvalue weighted by molar-refractivity contribution is -0.141. The number of carbonyl (C=O) groups is 1. The molecule has 2 rings (SSSR count). The highest BCUT2D eigenvalue weighted by molar-refractivity contribution is 5.81. The summed E-state index contributed by atoms with van der Waals surface area (Å²) >= 11 is 0. The summed E-state index contributed by atoms with van der Waals surface area (Å²) in [4.78, 5) is 23.0. The van der Waals surface area contributed by atoms with E-state index in [0.29, 0.717) is 32.1 Å². The van der Waals surface area contributed by atoms with Gasteiger partial charge in [0.2, 0.25) is 11.9 Å². The molecule has 1 aromatic heterocycles. The molecule has 1 aliphatic rings. The van der Waals surface area contributed by atoms with E-state index in [1.54, 1.807) is 0 Å². The zero-order chi connectivity index (χ0) is 19.7. The molecule has 1 aliphatic carbocycles. The lowest BCUT2D eigenvalue weighted by Crippen LogP contribution is -2.42. The van der Waals surface area contributed by atoms with E-state index in [0.717, 1.165) is 25.1 Å².